The number of ketones is 1. The number of ether oxygens (including phenoxy) is 5. The summed E-state index contributed by atoms with van der Waals surface area (Å²) in [5, 5.41) is 49.1. The number of Topliss-reactive ketones (excluding diaryl/α,β-unsaturated/α-hetero) is 1. The highest BCUT2D eigenvalue weighted by molar-refractivity contribution is 7.25. The zero-order chi connectivity index (χ0) is 77.2. The van der Waals surface area contributed by atoms with E-state index in [1.807, 2.05) is 12.1 Å². The number of benzene rings is 4. The van der Waals surface area contributed by atoms with Crippen LogP contribution in [0.1, 0.15) is 122 Å². The Bertz CT molecular complexity index is 4400. The number of phenolic OH excluding ortho intramolecular Hbond substituents is 1. The summed E-state index contributed by atoms with van der Waals surface area (Å²) < 4.78 is 30.7. The highest BCUT2D eigenvalue weighted by atomic mass is 32.1. The molecule has 0 radical (unpaired) electrons. The van der Waals surface area contributed by atoms with Crippen molar-refractivity contribution in [2.45, 2.75) is 157 Å². The van der Waals surface area contributed by atoms with Crippen LogP contribution in [0.2, 0.25) is 0 Å². The minimum Gasteiger partial charge on any atom is -0.505 e. The number of aliphatic hydroxyl groups is 2. The number of hydrogen-bond acceptors (Lipinski definition) is 22. The monoisotopic (exact) mass is 1480 g/mol. The lowest BCUT2D eigenvalue weighted by Gasteiger charge is -2.38. The number of methoxy groups -OCH3 is 1. The Morgan fingerprint density at radius 3 is 2.21 bits per heavy atom. The molecule has 4 aromatic carbocycles. The van der Waals surface area contributed by atoms with Crippen LogP contribution < -0.4 is 47.4 Å². The van der Waals surface area contributed by atoms with E-state index < -0.39 is 119 Å². The molecule has 0 saturated carbocycles. The molecule has 11 atom stereocenters. The number of piperazine rings is 1. The molecule has 4 aliphatic heterocycles. The Morgan fingerprint density at radius 1 is 0.849 bits per heavy atom. The molecule has 106 heavy (non-hydrogen) atoms. The molecule has 4 bridgehead atoms. The fourth-order valence-electron chi connectivity index (χ4n) is 13.5. The molecule has 1 aromatic heterocycles. The van der Waals surface area contributed by atoms with E-state index >= 15 is 4.79 Å². The summed E-state index contributed by atoms with van der Waals surface area (Å²) in [6.45, 7) is 17.5. The number of hydrogen-bond donors (Lipinski definition) is 9. The van der Waals surface area contributed by atoms with E-state index in [1.54, 1.807) is 88.9 Å². The molecule has 9 amide bonds. The van der Waals surface area contributed by atoms with Gasteiger partial charge < -0.3 is 81.1 Å². The Morgan fingerprint density at radius 2 is 1.55 bits per heavy atom. The first-order chi connectivity index (χ1) is 50.3. The number of esters is 1. The van der Waals surface area contributed by atoms with Gasteiger partial charge in [0.1, 0.15) is 36.2 Å². The van der Waals surface area contributed by atoms with Crippen LogP contribution in [-0.2, 0) is 59.1 Å². The summed E-state index contributed by atoms with van der Waals surface area (Å²) >= 11 is 1.14. The van der Waals surface area contributed by atoms with E-state index in [9.17, 15) is 63.3 Å². The number of aromatic hydroxyl groups is 1. The lowest BCUT2D eigenvalue weighted by Crippen LogP contribution is -2.54. The number of phenols is 1. The summed E-state index contributed by atoms with van der Waals surface area (Å²) in [6.07, 6.45) is 7.19. The topological polar surface area (TPSA) is 403 Å². The van der Waals surface area contributed by atoms with Crippen LogP contribution >= 0.6 is 11.3 Å². The van der Waals surface area contributed by atoms with Crippen molar-refractivity contribution in [2.75, 3.05) is 61.9 Å². The molecule has 4 aliphatic rings. The van der Waals surface area contributed by atoms with Crippen molar-refractivity contribution in [1.82, 2.24) is 30.7 Å². The van der Waals surface area contributed by atoms with Gasteiger partial charge in [-0.2, -0.15) is 0 Å². The van der Waals surface area contributed by atoms with Crippen LogP contribution in [-0.4, -0.2) is 178 Å². The first kappa shape index (κ1) is 79.8. The summed E-state index contributed by atoms with van der Waals surface area (Å²) in [4.78, 5) is 156. The number of imide groups is 1. The van der Waals surface area contributed by atoms with Crippen molar-refractivity contribution >= 4 is 119 Å². The molecule has 0 aliphatic carbocycles. The van der Waals surface area contributed by atoms with Gasteiger partial charge >= 0.3 is 23.9 Å². The number of carbonyl (C=O) groups is 10. The van der Waals surface area contributed by atoms with Gasteiger partial charge in [0, 0.05) is 130 Å². The Hall–Kier alpha value is -10.3. The predicted molar refractivity (Wildman–Crippen MR) is 396 cm³/mol. The molecule has 5 heterocycles. The Labute approximate surface area is 616 Å². The number of allylic oxidation sites excluding steroid dienone is 2. The van der Waals surface area contributed by atoms with E-state index in [4.69, 9.17) is 34.4 Å². The Kier molecular flexibility index (Phi) is 26.2. The molecular weight excluding hydrogens is 1390 g/mol. The van der Waals surface area contributed by atoms with Gasteiger partial charge in [-0.05, 0) is 87.4 Å². The van der Waals surface area contributed by atoms with E-state index in [1.165, 1.54) is 65.4 Å². The van der Waals surface area contributed by atoms with Gasteiger partial charge in [-0.15, -0.1) is 11.3 Å². The maximum Gasteiger partial charge on any atom is 0.410 e. The number of nitrogens with zero attached hydrogens (tertiary/aromatic N) is 4. The summed E-state index contributed by atoms with van der Waals surface area (Å²) in [5.41, 5.74) is 6.66. The van der Waals surface area contributed by atoms with Crippen molar-refractivity contribution in [1.29, 1.82) is 0 Å². The standard InChI is InChI=1S/C76H94N10O19S/c1-39(2)60(82-54(88)20-13-12-14-31-86-55(89)27-28-56(86)90)73(98)81-51(19-16-30-78-74(77)99)72(97)79-48-23-21-47(22-24-48)38-102-75(100)85-34-32-84(33-35-85)49-25-26-50-53(37-49)106-69-61(80-50)57-58-65(93)45(8)68-59(57)70(95)76(10,105-68)103-36-29-52(101-11)42(5)67(104-46(9)87)44(7)64(92)43(6)63(91)40(3)17-15-18-41(4)71(96)83-62(69)66(58)94/h15,17-18,21-29,36-37,39-40,42-44,51-52,60,63-64,67,91-92,94H,12-14,16,19-20,30-35,38H2,1-11H3,(H,79,97)(H,81,98)(H,82,88)(H,83,96)(H3,77,78,99)/b17-15+,36-29+,41-18-/t40-,42+,43+,44+,51-,52-,60-,63-,64+,67+,76-/m0/s1. The Balaban J connectivity index is 0.891. The van der Waals surface area contributed by atoms with Gasteiger partial charge in [-0.25, -0.2) is 14.6 Å². The quantitative estimate of drug-likeness (QED) is 0.00861. The largest absolute Gasteiger partial charge is 0.505 e. The van der Waals surface area contributed by atoms with Gasteiger partial charge in [0.15, 0.2) is 11.2 Å². The molecule has 0 spiro atoms. The second-order valence-electron chi connectivity index (χ2n) is 27.9. The third kappa shape index (κ3) is 18.3. The van der Waals surface area contributed by atoms with E-state index in [0.717, 1.165) is 21.9 Å². The van der Waals surface area contributed by atoms with Gasteiger partial charge in [-0.1, -0.05) is 78.3 Å². The predicted octanol–water partition coefficient (Wildman–Crippen LogP) is 7.42. The number of amides is 9. The number of rotatable bonds is 21. The number of aliphatic hydroxyl groups excluding tert-OH is 2. The molecular formula is C76H94N10O19S. The number of primary amides is 1. The number of unbranched alkanes of at least 4 members (excludes halogenated alkanes) is 2. The lowest BCUT2D eigenvalue weighted by atomic mass is 9.78. The molecule has 30 heteroatoms. The molecule has 0 unspecified atom stereocenters. The second kappa shape index (κ2) is 34.7. The van der Waals surface area contributed by atoms with Gasteiger partial charge in [0.05, 0.1) is 56.0 Å². The minimum absolute atomic E-state index is 0.0324. The zero-order valence-corrected chi connectivity index (χ0v) is 62.1. The van der Waals surface area contributed by atoms with Crippen LogP contribution in [0.15, 0.2) is 95.6 Å². The first-order valence-corrected chi connectivity index (χ1v) is 36.3. The maximum atomic E-state index is 15.1. The van der Waals surface area contributed by atoms with Gasteiger partial charge in [-0.3, -0.25) is 48.1 Å². The van der Waals surface area contributed by atoms with E-state index in [0.29, 0.717) is 53.8 Å². The second-order valence-corrected chi connectivity index (χ2v) is 28.9. The van der Waals surface area contributed by atoms with E-state index in [2.05, 4.69) is 31.5 Å². The molecule has 29 nitrogen and oxygen atoms in total. The van der Waals surface area contributed by atoms with Crippen LogP contribution in [0.25, 0.3) is 31.2 Å². The smallest absolute Gasteiger partial charge is 0.410 e. The highest BCUT2D eigenvalue weighted by Crippen LogP contribution is 2.50. The van der Waals surface area contributed by atoms with Crippen LogP contribution in [0, 0.1) is 36.5 Å². The minimum atomic E-state index is -2.10. The third-order valence-corrected chi connectivity index (χ3v) is 21.0. The van der Waals surface area contributed by atoms with Crippen molar-refractivity contribution in [3.05, 3.63) is 118 Å². The van der Waals surface area contributed by atoms with Gasteiger partial charge in [0.25, 0.3) is 23.5 Å². The summed E-state index contributed by atoms with van der Waals surface area (Å²) in [7, 11) is 1.43. The normalized spacial score (nSPS) is 23.9. The maximum absolute atomic E-state index is 15.1. The van der Waals surface area contributed by atoms with Crippen LogP contribution in [0.4, 0.5) is 26.7 Å². The van der Waals surface area contributed by atoms with E-state index in [-0.39, 0.29) is 125 Å². The van der Waals surface area contributed by atoms with Crippen molar-refractivity contribution < 1.29 is 86.9 Å². The number of anilines is 3. The van der Waals surface area contributed by atoms with Crippen molar-refractivity contribution in [3.8, 4) is 11.5 Å². The fourth-order valence-corrected chi connectivity index (χ4v) is 14.6. The average Bonchev–Trinajstić information content (AvgIpc) is 1.42. The highest BCUT2D eigenvalue weighted by Gasteiger charge is 2.50. The fraction of sp³-hybridized carbons (Fsp3) is 0.474. The molecule has 1 saturated heterocycles. The zero-order valence-electron chi connectivity index (χ0n) is 61.3. The number of nitrogens with one attached hydrogen (secondary N) is 5. The van der Waals surface area contributed by atoms with Gasteiger partial charge in [0.2, 0.25) is 17.7 Å². The number of nitrogens with two attached hydrogens (primary N) is 1. The SMILES string of the molecule is CO[C@H]1/C=C/O[C@@]2(C)Oc3c(C)c(=O)c4c(O)c(c5sc6cc(N7CCN(C(=O)OCc8ccc(NC(=O)[C@H](CCCNC(N)=O)NC(=O)[C@@H](NC(=O)CCCCCN9C(=O)C=CC9=O)C(C)C)cc8)CC7)ccc6nc5c4c3C2=O)NC(=O)/C(C)=C\C=C\[C@H](C)[C@H](O)[C@@H](C)[C@@H](O)[C@@H](C)[C@H](OC(C)=O)[C@@H]1C. The van der Waals surface area contributed by atoms with Crippen molar-refractivity contribution in [2.24, 2.45) is 35.3 Å². The number of urea groups is 1. The lowest BCUT2D eigenvalue weighted by molar-refractivity contribution is -0.160. The molecule has 9 rings (SSSR count). The molecule has 1 fully saturated rings. The van der Waals surface area contributed by atoms with Crippen LogP contribution in [0.3, 0.4) is 0 Å². The summed E-state index contributed by atoms with van der Waals surface area (Å²) in [6, 6.07) is 9.19. The number of carbonyl (C=O) groups excluding carboxylic acids is 10. The summed E-state index contributed by atoms with van der Waals surface area (Å²) in [5.74, 6) is -10.2. The average molecular weight is 1480 g/mol. The van der Waals surface area contributed by atoms with Crippen molar-refractivity contribution in [3.63, 3.8) is 0 Å². The molecule has 568 valence electrons. The number of fused-ring (bicyclic) bond motifs is 2. The first-order valence-electron chi connectivity index (χ1n) is 35.5. The van der Waals surface area contributed by atoms with Crippen LogP contribution in [0.5, 0.6) is 11.5 Å². The molecule has 5 aromatic rings. The molecule has 10 N–H and O–H groups in total. The third-order valence-electron chi connectivity index (χ3n) is 19.9. The number of aromatic nitrogens is 1.